The quantitative estimate of drug-likeness (QED) is 0.196. The fraction of sp³-hybridized carbons (Fsp3) is 0. The number of nitrogens with zero attached hydrogens (tertiary/aromatic N) is 4. The van der Waals surface area contributed by atoms with E-state index >= 15 is 0 Å². The number of aromatic nitrogens is 4. The summed E-state index contributed by atoms with van der Waals surface area (Å²) in [5.41, 5.74) is 8.35. The minimum atomic E-state index is 0.557. The van der Waals surface area contributed by atoms with Gasteiger partial charge in [0.1, 0.15) is 22.3 Å². The molecular weight excluding hydrogens is 592 g/mol. The van der Waals surface area contributed by atoms with Gasteiger partial charge in [-0.05, 0) is 29.0 Å². The zero-order valence-corrected chi connectivity index (χ0v) is 25.5. The van der Waals surface area contributed by atoms with Crippen molar-refractivity contribution in [1.29, 1.82) is 0 Å². The fourth-order valence-electron chi connectivity index (χ4n) is 6.75. The summed E-state index contributed by atoms with van der Waals surface area (Å²) in [6.45, 7) is 0. The van der Waals surface area contributed by atoms with Gasteiger partial charge in [0.25, 0.3) is 0 Å². The lowest BCUT2D eigenvalue weighted by Crippen LogP contribution is -2.00. The molecule has 0 aliphatic carbocycles. The van der Waals surface area contributed by atoms with Crippen LogP contribution < -0.4 is 0 Å². The van der Waals surface area contributed by atoms with Crippen LogP contribution in [0.2, 0.25) is 0 Å². The molecule has 0 N–H and O–H groups in total. The fourth-order valence-corrected chi connectivity index (χ4v) is 6.75. The summed E-state index contributed by atoms with van der Waals surface area (Å²) in [5, 5.41) is 5.41. The molecule has 6 nitrogen and oxygen atoms in total. The molecule has 0 unspecified atom stereocenters. The van der Waals surface area contributed by atoms with E-state index in [1.807, 2.05) is 91.1 Å². The number of benzene rings is 6. The van der Waals surface area contributed by atoms with Crippen LogP contribution in [0.25, 0.3) is 100 Å². The summed E-state index contributed by atoms with van der Waals surface area (Å²) in [6.07, 6.45) is 1.90. The predicted octanol–water partition coefficient (Wildman–Crippen LogP) is 10.9. The molecule has 10 rings (SSSR count). The first-order valence-electron chi connectivity index (χ1n) is 15.8. The molecular formula is C42H24N4O2. The van der Waals surface area contributed by atoms with E-state index in [1.165, 1.54) is 10.8 Å². The molecule has 10 aromatic rings. The van der Waals surface area contributed by atoms with E-state index < -0.39 is 0 Å². The van der Waals surface area contributed by atoms with Crippen LogP contribution in [0.3, 0.4) is 0 Å². The summed E-state index contributed by atoms with van der Waals surface area (Å²) >= 11 is 0. The Morgan fingerprint density at radius 1 is 0.417 bits per heavy atom. The van der Waals surface area contributed by atoms with E-state index in [1.54, 1.807) is 0 Å². The average Bonchev–Trinajstić information content (AvgIpc) is 3.74. The topological polar surface area (TPSA) is 77.8 Å². The number of para-hydroxylation sites is 1. The number of fused-ring (bicyclic) bond motifs is 8. The van der Waals surface area contributed by atoms with Crippen LogP contribution in [0, 0.1) is 0 Å². The second kappa shape index (κ2) is 10.4. The number of rotatable bonds is 4. The minimum Gasteiger partial charge on any atom is -0.455 e. The first-order chi connectivity index (χ1) is 23.8. The van der Waals surface area contributed by atoms with Crippen molar-refractivity contribution in [1.82, 2.24) is 19.9 Å². The number of hydrogen-bond donors (Lipinski definition) is 0. The molecule has 0 bridgehead atoms. The summed E-state index contributed by atoms with van der Waals surface area (Å²) in [7, 11) is 0. The molecule has 0 saturated heterocycles. The molecule has 0 atom stereocenters. The Balaban J connectivity index is 1.16. The summed E-state index contributed by atoms with van der Waals surface area (Å²) in [4.78, 5) is 19.8. The largest absolute Gasteiger partial charge is 0.455 e. The highest BCUT2D eigenvalue weighted by atomic mass is 16.3. The predicted molar refractivity (Wildman–Crippen MR) is 191 cm³/mol. The van der Waals surface area contributed by atoms with Crippen molar-refractivity contribution in [2.75, 3.05) is 0 Å². The first-order valence-corrected chi connectivity index (χ1v) is 15.8. The van der Waals surface area contributed by atoms with Gasteiger partial charge in [0, 0.05) is 44.8 Å². The van der Waals surface area contributed by atoms with Gasteiger partial charge in [-0.25, -0.2) is 15.0 Å². The number of pyridine rings is 1. The molecule has 0 aliphatic heterocycles. The van der Waals surface area contributed by atoms with Crippen molar-refractivity contribution >= 4 is 54.8 Å². The summed E-state index contributed by atoms with van der Waals surface area (Å²) < 4.78 is 13.0. The minimum absolute atomic E-state index is 0.557. The maximum absolute atomic E-state index is 6.51. The van der Waals surface area contributed by atoms with Gasteiger partial charge >= 0.3 is 0 Å². The second-order valence-electron chi connectivity index (χ2n) is 11.8. The van der Waals surface area contributed by atoms with Crippen molar-refractivity contribution in [3.63, 3.8) is 0 Å². The highest BCUT2D eigenvalue weighted by Crippen LogP contribution is 2.41. The lowest BCUT2D eigenvalue weighted by molar-refractivity contribution is 0.667. The van der Waals surface area contributed by atoms with Crippen molar-refractivity contribution in [3.05, 3.63) is 146 Å². The normalized spacial score (nSPS) is 11.8. The molecule has 48 heavy (non-hydrogen) atoms. The Bertz CT molecular complexity index is 2780. The third-order valence-corrected chi connectivity index (χ3v) is 8.97. The van der Waals surface area contributed by atoms with Crippen LogP contribution in [0.4, 0.5) is 0 Å². The molecule has 6 aromatic carbocycles. The highest BCUT2D eigenvalue weighted by molar-refractivity contribution is 6.21. The monoisotopic (exact) mass is 616 g/mol. The number of furan rings is 2. The van der Waals surface area contributed by atoms with Crippen LogP contribution in [0.5, 0.6) is 0 Å². The van der Waals surface area contributed by atoms with Crippen molar-refractivity contribution in [2.45, 2.75) is 0 Å². The summed E-state index contributed by atoms with van der Waals surface area (Å²) in [6, 6.07) is 46.8. The van der Waals surface area contributed by atoms with Crippen molar-refractivity contribution in [2.24, 2.45) is 0 Å². The van der Waals surface area contributed by atoms with E-state index in [2.05, 4.69) is 54.6 Å². The van der Waals surface area contributed by atoms with Gasteiger partial charge in [0.05, 0.1) is 5.39 Å². The van der Waals surface area contributed by atoms with Gasteiger partial charge in [-0.15, -0.1) is 0 Å². The Morgan fingerprint density at radius 2 is 1.06 bits per heavy atom. The van der Waals surface area contributed by atoms with Crippen molar-refractivity contribution in [3.8, 4) is 45.3 Å². The third kappa shape index (κ3) is 4.13. The van der Waals surface area contributed by atoms with Gasteiger partial charge in [-0.3, -0.25) is 4.98 Å². The molecule has 224 valence electrons. The zero-order chi connectivity index (χ0) is 31.6. The number of hydrogen-bond acceptors (Lipinski definition) is 6. The molecule has 0 amide bonds. The molecule has 0 radical (unpaired) electrons. The zero-order valence-electron chi connectivity index (χ0n) is 25.5. The lowest BCUT2D eigenvalue weighted by atomic mass is 10.0. The SMILES string of the molecule is c1ccc(-c2nc(-c3ccccc3)nc(-c3cccc4oc5cc(-c6cccc7c6oc6ccc8ccccc8c67)cnc5c34)n2)cc1. The average molecular weight is 617 g/mol. The van der Waals surface area contributed by atoms with E-state index in [0.717, 1.165) is 60.7 Å². The molecule has 4 heterocycles. The summed E-state index contributed by atoms with van der Waals surface area (Å²) in [5.74, 6) is 1.76. The van der Waals surface area contributed by atoms with Crippen LogP contribution in [0.15, 0.2) is 155 Å². The van der Waals surface area contributed by atoms with Crippen LogP contribution in [0.1, 0.15) is 0 Å². The molecule has 0 fully saturated rings. The van der Waals surface area contributed by atoms with Gasteiger partial charge in [-0.2, -0.15) is 0 Å². The van der Waals surface area contributed by atoms with Gasteiger partial charge in [0.15, 0.2) is 23.1 Å². The second-order valence-corrected chi connectivity index (χ2v) is 11.8. The Labute approximate surface area is 274 Å². The third-order valence-electron chi connectivity index (χ3n) is 8.97. The van der Waals surface area contributed by atoms with Crippen LogP contribution in [-0.4, -0.2) is 19.9 Å². The lowest BCUT2D eigenvalue weighted by Gasteiger charge is -2.09. The maximum Gasteiger partial charge on any atom is 0.164 e. The molecule has 0 saturated carbocycles. The van der Waals surface area contributed by atoms with Gasteiger partial charge in [-0.1, -0.05) is 121 Å². The Kier molecular flexibility index (Phi) is 5.77. The molecule has 0 aliphatic rings. The first kappa shape index (κ1) is 26.5. The Hall–Kier alpha value is -6.66. The molecule has 4 aromatic heterocycles. The van der Waals surface area contributed by atoms with Crippen molar-refractivity contribution < 1.29 is 8.83 Å². The smallest absolute Gasteiger partial charge is 0.164 e. The van der Waals surface area contributed by atoms with E-state index in [4.69, 9.17) is 28.8 Å². The molecule has 6 heteroatoms. The van der Waals surface area contributed by atoms with E-state index in [-0.39, 0.29) is 0 Å². The highest BCUT2D eigenvalue weighted by Gasteiger charge is 2.20. The van der Waals surface area contributed by atoms with Crippen LogP contribution >= 0.6 is 0 Å². The standard InChI is InChI=1S/C42H24N4O2/c1-3-12-26(13-4-1)40-44-41(27-14-5-2-6-15-27)46-42(45-40)32-19-10-20-33-37(32)38-35(47-33)23-28(24-43-38)30-17-9-18-31-36-29-16-8-7-11-25(29)21-22-34(36)48-39(30)31/h1-24H. The van der Waals surface area contributed by atoms with E-state index in [9.17, 15) is 0 Å². The maximum atomic E-state index is 6.51. The van der Waals surface area contributed by atoms with Gasteiger partial charge in [0.2, 0.25) is 0 Å². The van der Waals surface area contributed by atoms with Gasteiger partial charge < -0.3 is 8.83 Å². The Morgan fingerprint density at radius 3 is 1.85 bits per heavy atom. The van der Waals surface area contributed by atoms with E-state index in [0.29, 0.717) is 28.6 Å². The molecule has 0 spiro atoms. The van der Waals surface area contributed by atoms with Crippen LogP contribution in [-0.2, 0) is 0 Å².